The largest absolute Gasteiger partial charge is 0.493 e. The van der Waals surface area contributed by atoms with E-state index in [0.29, 0.717) is 0 Å². The van der Waals surface area contributed by atoms with Crippen LogP contribution in [0, 0.1) is 5.92 Å². The highest BCUT2D eigenvalue weighted by molar-refractivity contribution is 5.44. The van der Waals surface area contributed by atoms with Gasteiger partial charge in [0.1, 0.15) is 5.76 Å². The number of primary amides is 1. The Hall–Kier alpha value is -1.51. The molecule has 3 aliphatic rings. The molecule has 2 aliphatic carbocycles. The molecule has 2 bridgehead atoms. The quantitative estimate of drug-likeness (QED) is 0.558. The summed E-state index contributed by atoms with van der Waals surface area (Å²) < 4.78 is 5.65. The number of carbonyl (C=O) groups is 1. The highest BCUT2D eigenvalue weighted by Crippen LogP contribution is 2.41. The van der Waals surface area contributed by atoms with Crippen molar-refractivity contribution >= 4 is 6.41 Å². The molecule has 1 amide bonds. The van der Waals surface area contributed by atoms with Gasteiger partial charge in [-0.15, -0.1) is 0 Å². The summed E-state index contributed by atoms with van der Waals surface area (Å²) in [5.41, 5.74) is 8.93. The molecule has 2 fully saturated rings. The van der Waals surface area contributed by atoms with Crippen LogP contribution < -0.4 is 5.73 Å². The number of hydrogen-bond donors (Lipinski definition) is 1. The van der Waals surface area contributed by atoms with Gasteiger partial charge < -0.3 is 10.5 Å². The summed E-state index contributed by atoms with van der Waals surface area (Å²) in [4.78, 5) is 8.58. The van der Waals surface area contributed by atoms with E-state index in [9.17, 15) is 0 Å². The third-order valence-electron chi connectivity index (χ3n) is 3.68. The Labute approximate surface area is 150 Å². The molecule has 0 spiro atoms. The molecule has 1 heterocycles. The minimum atomic E-state index is 0.250. The lowest BCUT2D eigenvalue weighted by Crippen LogP contribution is -2.09. The van der Waals surface area contributed by atoms with Crippen molar-refractivity contribution in [2.45, 2.75) is 80.6 Å². The van der Waals surface area contributed by atoms with Crippen LogP contribution in [0.5, 0.6) is 0 Å². The van der Waals surface area contributed by atoms with E-state index < -0.39 is 0 Å². The van der Waals surface area contributed by atoms with Crippen molar-refractivity contribution in [3.8, 4) is 0 Å². The van der Waals surface area contributed by atoms with E-state index >= 15 is 0 Å². The van der Waals surface area contributed by atoms with Crippen LogP contribution in [0.4, 0.5) is 0 Å². The van der Waals surface area contributed by atoms with Crippen LogP contribution in [0.1, 0.15) is 80.6 Å². The maximum atomic E-state index is 8.58. The second kappa shape index (κ2) is 16.4. The molecule has 24 heavy (non-hydrogen) atoms. The van der Waals surface area contributed by atoms with Crippen LogP contribution in [0.15, 0.2) is 34.6 Å². The van der Waals surface area contributed by atoms with Crippen molar-refractivity contribution in [3.63, 3.8) is 0 Å². The molecule has 1 unspecified atom stereocenters. The molecule has 0 radical (unpaired) electrons. The van der Waals surface area contributed by atoms with E-state index in [1.54, 1.807) is 11.1 Å². The number of carbonyl (C=O) groups excluding carboxylic acids is 1. The predicted molar refractivity (Wildman–Crippen MR) is 106 cm³/mol. The van der Waals surface area contributed by atoms with Gasteiger partial charge in [-0.3, -0.25) is 4.79 Å². The molecule has 3 heteroatoms. The van der Waals surface area contributed by atoms with E-state index in [4.69, 9.17) is 9.53 Å². The number of nitrogens with two attached hydrogens (primary N) is 1. The molecule has 1 aliphatic heterocycles. The first kappa shape index (κ1) is 24.7. The molecule has 0 aromatic heterocycles. The van der Waals surface area contributed by atoms with Gasteiger partial charge in [-0.05, 0) is 36.8 Å². The molecule has 1 atom stereocenters. The Kier molecular flexibility index (Phi) is 16.9. The molecule has 1 saturated heterocycles. The van der Waals surface area contributed by atoms with Gasteiger partial charge in [-0.2, -0.15) is 0 Å². The topological polar surface area (TPSA) is 52.3 Å². The summed E-state index contributed by atoms with van der Waals surface area (Å²) >= 11 is 0. The molecule has 140 valence electrons. The average Bonchev–Trinajstić information content (AvgIpc) is 3.02. The zero-order valence-corrected chi connectivity index (χ0v) is 16.9. The first-order valence-corrected chi connectivity index (χ1v) is 9.58. The second-order valence-electron chi connectivity index (χ2n) is 5.42. The van der Waals surface area contributed by atoms with E-state index in [0.717, 1.165) is 24.7 Å². The minimum Gasteiger partial charge on any atom is -0.493 e. The summed E-state index contributed by atoms with van der Waals surface area (Å²) in [6, 6.07) is 0. The summed E-state index contributed by atoms with van der Waals surface area (Å²) in [5.74, 6) is 1.93. The number of allylic oxidation sites excluding steroid dienone is 5. The fraction of sp³-hybridized carbons (Fsp3) is 0.667. The van der Waals surface area contributed by atoms with Crippen molar-refractivity contribution in [2.75, 3.05) is 6.61 Å². The first-order chi connectivity index (χ1) is 11.7. The number of amides is 1. The molecular weight excluding hydrogens is 298 g/mol. The summed E-state index contributed by atoms with van der Waals surface area (Å²) in [5, 5.41) is 0. The first-order valence-electron chi connectivity index (χ1n) is 9.58. The number of ether oxygens (including phenoxy) is 1. The van der Waals surface area contributed by atoms with Crippen LogP contribution in [0.3, 0.4) is 0 Å². The summed E-state index contributed by atoms with van der Waals surface area (Å²) in [6.07, 6.45) is 10.9. The lowest BCUT2D eigenvalue weighted by Gasteiger charge is -2.24. The van der Waals surface area contributed by atoms with Gasteiger partial charge >= 0.3 is 0 Å². The van der Waals surface area contributed by atoms with E-state index in [-0.39, 0.29) is 6.41 Å². The van der Waals surface area contributed by atoms with E-state index in [2.05, 4.69) is 38.7 Å². The van der Waals surface area contributed by atoms with Crippen LogP contribution in [-0.4, -0.2) is 13.0 Å². The Morgan fingerprint density at radius 2 is 1.71 bits per heavy atom. The highest BCUT2D eigenvalue weighted by atomic mass is 16.5. The maximum absolute atomic E-state index is 8.58. The van der Waals surface area contributed by atoms with Gasteiger partial charge in [-0.25, -0.2) is 0 Å². The van der Waals surface area contributed by atoms with Crippen molar-refractivity contribution < 1.29 is 9.53 Å². The molecule has 3 rings (SSSR count). The second-order valence-corrected chi connectivity index (χ2v) is 5.42. The summed E-state index contributed by atoms with van der Waals surface area (Å²) in [7, 11) is 0. The maximum Gasteiger partial charge on any atom is 0.204 e. The molecule has 0 aromatic carbocycles. The van der Waals surface area contributed by atoms with Gasteiger partial charge in [-0.1, -0.05) is 72.1 Å². The lowest BCUT2D eigenvalue weighted by molar-refractivity contribution is -0.106. The van der Waals surface area contributed by atoms with Gasteiger partial charge in [0.15, 0.2) is 0 Å². The smallest absolute Gasteiger partial charge is 0.204 e. The van der Waals surface area contributed by atoms with Crippen molar-refractivity contribution in [1.29, 1.82) is 0 Å². The zero-order valence-electron chi connectivity index (χ0n) is 16.9. The Bertz CT molecular complexity index is 420. The Morgan fingerprint density at radius 1 is 1.17 bits per heavy atom. The van der Waals surface area contributed by atoms with Crippen molar-refractivity contribution in [3.05, 3.63) is 34.6 Å². The molecule has 1 saturated carbocycles. The molecular formula is C21H39NO2. The average molecular weight is 338 g/mol. The number of rotatable bonds is 0. The van der Waals surface area contributed by atoms with Crippen LogP contribution in [0.2, 0.25) is 0 Å². The van der Waals surface area contributed by atoms with Crippen LogP contribution >= 0.6 is 0 Å². The standard InChI is InChI=1S/C13H16O.C3H8.2C2H6.CH3NO/c1-9-2-3-10-4-5-13-11(6-7-14-13)12(9)8-10;1-3-2;2*1-2;2-1-3/h4-5,9H,2-3,6-8H2,1H3;3H2,1-2H3;2*1-2H3;1H,(H2,2,3). The van der Waals surface area contributed by atoms with Gasteiger partial charge in [0, 0.05) is 6.42 Å². The van der Waals surface area contributed by atoms with Crippen LogP contribution in [-0.2, 0) is 9.53 Å². The SMILES string of the molecule is CC.CC.CC1CCC2=CC=C3OCCC3=C1C2.CCC.NC=O. The van der Waals surface area contributed by atoms with E-state index in [1.165, 1.54) is 31.3 Å². The highest BCUT2D eigenvalue weighted by Gasteiger charge is 2.27. The monoisotopic (exact) mass is 337 g/mol. The van der Waals surface area contributed by atoms with Crippen LogP contribution in [0.25, 0.3) is 0 Å². The van der Waals surface area contributed by atoms with Gasteiger partial charge in [0.05, 0.1) is 6.61 Å². The molecule has 2 N–H and O–H groups in total. The third-order valence-corrected chi connectivity index (χ3v) is 3.68. The van der Waals surface area contributed by atoms with Gasteiger partial charge in [0.25, 0.3) is 0 Å². The number of hydrogen-bond acceptors (Lipinski definition) is 2. The molecule has 3 nitrogen and oxygen atoms in total. The summed E-state index contributed by atoms with van der Waals surface area (Å²) in [6.45, 7) is 15.5. The lowest BCUT2D eigenvalue weighted by atomic mass is 9.80. The zero-order chi connectivity index (χ0) is 19.0. The third kappa shape index (κ3) is 8.37. The molecule has 0 aromatic rings. The van der Waals surface area contributed by atoms with Gasteiger partial charge in [0.2, 0.25) is 6.41 Å². The fourth-order valence-corrected chi connectivity index (χ4v) is 2.76. The Morgan fingerprint density at radius 3 is 2.25 bits per heavy atom. The van der Waals surface area contributed by atoms with Crippen molar-refractivity contribution in [1.82, 2.24) is 0 Å². The van der Waals surface area contributed by atoms with E-state index in [1.807, 2.05) is 27.7 Å². The minimum absolute atomic E-state index is 0.250. The fourth-order valence-electron chi connectivity index (χ4n) is 2.76. The predicted octanol–water partition coefficient (Wildman–Crippen LogP) is 5.92. The van der Waals surface area contributed by atoms with Crippen molar-refractivity contribution in [2.24, 2.45) is 11.7 Å². The number of fused-ring (bicyclic) bond motifs is 3. The normalized spacial score (nSPS) is 19.4. The Balaban J connectivity index is 0.